The molecule has 0 N–H and O–H groups in total. The van der Waals surface area contributed by atoms with Crippen LogP contribution in [0.15, 0.2) is 42.5 Å². The van der Waals surface area contributed by atoms with Crippen molar-refractivity contribution in [2.24, 2.45) is 5.92 Å². The highest BCUT2D eigenvalue weighted by Crippen LogP contribution is 2.41. The van der Waals surface area contributed by atoms with Gasteiger partial charge in [-0.25, -0.2) is 26.3 Å². The molecule has 234 valence electrons. The highest BCUT2D eigenvalue weighted by molar-refractivity contribution is 5.35. The number of halogens is 12. The second kappa shape index (κ2) is 11.8. The molecule has 43 heavy (non-hydrogen) atoms. The van der Waals surface area contributed by atoms with Crippen LogP contribution in [0.1, 0.15) is 49.3 Å². The third kappa shape index (κ3) is 7.13. The van der Waals surface area contributed by atoms with Gasteiger partial charge in [0.15, 0.2) is 17.5 Å². The van der Waals surface area contributed by atoms with E-state index in [2.05, 4.69) is 9.47 Å². The first-order valence-electron chi connectivity index (χ1n) is 12.5. The topological polar surface area (TPSA) is 27.7 Å². The summed E-state index contributed by atoms with van der Waals surface area (Å²) in [6.45, 7) is 1.94. The van der Waals surface area contributed by atoms with Crippen molar-refractivity contribution in [2.75, 3.05) is 0 Å². The lowest BCUT2D eigenvalue weighted by Crippen LogP contribution is -2.30. The van der Waals surface area contributed by atoms with E-state index in [-0.39, 0.29) is 36.4 Å². The maximum absolute atomic E-state index is 14.7. The Labute approximate surface area is 236 Å². The lowest BCUT2D eigenvalue weighted by molar-refractivity contribution is -0.278. The van der Waals surface area contributed by atoms with Gasteiger partial charge in [0.05, 0.1) is 17.2 Å². The molecule has 3 nitrogen and oxygen atoms in total. The van der Waals surface area contributed by atoms with Crippen LogP contribution in [0.5, 0.6) is 11.5 Å². The molecule has 3 aromatic rings. The van der Waals surface area contributed by atoms with Crippen molar-refractivity contribution in [3.8, 4) is 11.5 Å². The molecule has 4 rings (SSSR count). The van der Waals surface area contributed by atoms with E-state index < -0.39 is 87.5 Å². The Morgan fingerprint density at radius 2 is 1.07 bits per heavy atom. The van der Waals surface area contributed by atoms with Gasteiger partial charge in [0.25, 0.3) is 0 Å². The van der Waals surface area contributed by atoms with Gasteiger partial charge >= 0.3 is 18.3 Å². The molecule has 3 aromatic carbocycles. The van der Waals surface area contributed by atoms with E-state index in [4.69, 9.17) is 4.74 Å². The Morgan fingerprint density at radius 1 is 0.581 bits per heavy atom. The van der Waals surface area contributed by atoms with E-state index in [0.29, 0.717) is 37.7 Å². The fraction of sp³-hybridized carbons (Fsp3) is 0.357. The molecule has 15 heteroatoms. The van der Waals surface area contributed by atoms with E-state index in [1.54, 1.807) is 0 Å². The standard InChI is InChI=1S/C28H20F12O3/c1-13-2-5-15(6-3-13)41-26(35,36)14-4-7-18(19(29)8-14)27(37,38)42-16-9-20(30)24(21(31)10-16)28(39,40)43-17-11-22(32)25(34)23(33)12-17/h4,7-13,15H,2-3,5-6H2,1H3. The molecule has 0 aliphatic heterocycles. The predicted octanol–water partition coefficient (Wildman–Crippen LogP) is 9.42. The molecule has 1 aliphatic carbocycles. The third-order valence-corrected chi connectivity index (χ3v) is 6.65. The van der Waals surface area contributed by atoms with Crippen LogP contribution in [0.3, 0.4) is 0 Å². The first kappa shape index (κ1) is 32.3. The Bertz CT molecular complexity index is 1440. The van der Waals surface area contributed by atoms with Gasteiger partial charge in [0.2, 0.25) is 0 Å². The maximum atomic E-state index is 14.7. The van der Waals surface area contributed by atoms with Crippen LogP contribution in [-0.4, -0.2) is 6.10 Å². The molecule has 0 bridgehead atoms. The van der Waals surface area contributed by atoms with Crippen molar-refractivity contribution in [2.45, 2.75) is 57.0 Å². The SMILES string of the molecule is CC1CCC(OC(F)(F)c2ccc(C(F)(F)Oc3cc(F)c(C(F)(F)Oc4cc(F)c(F)c(F)c4)c(F)c3)c(F)c2)CC1. The van der Waals surface area contributed by atoms with Gasteiger partial charge in [-0.3, -0.25) is 0 Å². The monoisotopic (exact) mass is 632 g/mol. The van der Waals surface area contributed by atoms with E-state index in [1.807, 2.05) is 6.92 Å². The minimum absolute atomic E-state index is 0.0433. The number of ether oxygens (including phenoxy) is 3. The Hall–Kier alpha value is -3.62. The Morgan fingerprint density at radius 3 is 1.58 bits per heavy atom. The highest BCUT2D eigenvalue weighted by atomic mass is 19.3. The fourth-order valence-corrected chi connectivity index (χ4v) is 4.44. The molecule has 0 amide bonds. The van der Waals surface area contributed by atoms with E-state index >= 15 is 0 Å². The van der Waals surface area contributed by atoms with Crippen molar-refractivity contribution in [3.63, 3.8) is 0 Å². The molecule has 0 radical (unpaired) electrons. The summed E-state index contributed by atoms with van der Waals surface area (Å²) in [4.78, 5) is 0. The van der Waals surface area contributed by atoms with Gasteiger partial charge in [-0.05, 0) is 49.8 Å². The van der Waals surface area contributed by atoms with Gasteiger partial charge in [-0.15, -0.1) is 0 Å². The van der Waals surface area contributed by atoms with Crippen LogP contribution < -0.4 is 9.47 Å². The molecule has 0 saturated heterocycles. The summed E-state index contributed by atoms with van der Waals surface area (Å²) in [5.74, 6) is -14.9. The summed E-state index contributed by atoms with van der Waals surface area (Å²) >= 11 is 0. The molecule has 1 aliphatic rings. The van der Waals surface area contributed by atoms with Crippen LogP contribution in [0, 0.1) is 40.8 Å². The van der Waals surface area contributed by atoms with Crippen molar-refractivity contribution >= 4 is 0 Å². The lowest BCUT2D eigenvalue weighted by Gasteiger charge is -2.30. The summed E-state index contributed by atoms with van der Waals surface area (Å²) in [5.41, 5.74) is -4.94. The summed E-state index contributed by atoms with van der Waals surface area (Å²) < 4.78 is 184. The number of benzene rings is 3. The molecule has 0 heterocycles. The maximum Gasteiger partial charge on any atom is 0.432 e. The van der Waals surface area contributed by atoms with Gasteiger partial charge in [0, 0.05) is 24.3 Å². The highest BCUT2D eigenvalue weighted by Gasteiger charge is 2.44. The smallest absolute Gasteiger partial charge is 0.429 e. The number of hydrogen-bond acceptors (Lipinski definition) is 3. The minimum atomic E-state index is -5.02. The summed E-state index contributed by atoms with van der Waals surface area (Å²) in [5, 5.41) is 0. The van der Waals surface area contributed by atoms with Crippen molar-refractivity contribution in [1.82, 2.24) is 0 Å². The molecule has 0 aromatic heterocycles. The zero-order chi connectivity index (χ0) is 31.9. The quantitative estimate of drug-likeness (QED) is 0.174. The van der Waals surface area contributed by atoms with E-state index in [1.165, 1.54) is 0 Å². The zero-order valence-electron chi connectivity index (χ0n) is 21.8. The number of rotatable bonds is 9. The third-order valence-electron chi connectivity index (χ3n) is 6.65. The summed E-state index contributed by atoms with van der Waals surface area (Å²) in [6.07, 6.45) is -12.8. The Kier molecular flexibility index (Phi) is 8.87. The van der Waals surface area contributed by atoms with Gasteiger partial charge in [-0.2, -0.15) is 26.3 Å². The number of hydrogen-bond donors (Lipinski definition) is 0. The average molecular weight is 632 g/mol. The lowest BCUT2D eigenvalue weighted by atomic mass is 9.89. The van der Waals surface area contributed by atoms with Crippen LogP contribution >= 0.6 is 0 Å². The predicted molar refractivity (Wildman–Crippen MR) is 125 cm³/mol. The van der Waals surface area contributed by atoms with Crippen molar-refractivity contribution in [3.05, 3.63) is 94.1 Å². The van der Waals surface area contributed by atoms with E-state index in [0.717, 1.165) is 0 Å². The Balaban J connectivity index is 1.53. The normalized spacial score (nSPS) is 18.1. The second-order valence-corrected chi connectivity index (χ2v) is 9.91. The second-order valence-electron chi connectivity index (χ2n) is 9.91. The minimum Gasteiger partial charge on any atom is -0.429 e. The molecular formula is C28H20F12O3. The van der Waals surface area contributed by atoms with Gasteiger partial charge < -0.3 is 14.2 Å². The first-order chi connectivity index (χ1) is 19.9. The van der Waals surface area contributed by atoms with Crippen molar-refractivity contribution < 1.29 is 66.9 Å². The molecule has 0 atom stereocenters. The van der Waals surface area contributed by atoms with E-state index in [9.17, 15) is 52.7 Å². The van der Waals surface area contributed by atoms with Crippen LogP contribution in [0.2, 0.25) is 0 Å². The number of alkyl halides is 6. The largest absolute Gasteiger partial charge is 0.432 e. The molecule has 1 saturated carbocycles. The fourth-order valence-electron chi connectivity index (χ4n) is 4.44. The molecule has 0 unspecified atom stereocenters. The van der Waals surface area contributed by atoms with Crippen LogP contribution in [0.4, 0.5) is 52.7 Å². The summed E-state index contributed by atoms with van der Waals surface area (Å²) in [6, 6.07) is 0.334. The molecule has 0 spiro atoms. The summed E-state index contributed by atoms with van der Waals surface area (Å²) in [7, 11) is 0. The molecular weight excluding hydrogens is 612 g/mol. The van der Waals surface area contributed by atoms with Crippen molar-refractivity contribution in [1.29, 1.82) is 0 Å². The van der Waals surface area contributed by atoms with Gasteiger partial charge in [0.1, 0.15) is 34.5 Å². The zero-order valence-corrected chi connectivity index (χ0v) is 21.8. The molecule has 1 fully saturated rings. The first-order valence-corrected chi connectivity index (χ1v) is 12.5. The van der Waals surface area contributed by atoms with Gasteiger partial charge in [-0.1, -0.05) is 6.92 Å². The van der Waals surface area contributed by atoms with Crippen LogP contribution in [0.25, 0.3) is 0 Å². The average Bonchev–Trinajstić information content (AvgIpc) is 2.87. The van der Waals surface area contributed by atoms with Crippen LogP contribution in [-0.2, 0) is 23.1 Å².